The summed E-state index contributed by atoms with van der Waals surface area (Å²) >= 11 is 0. The number of pyridine rings is 1. The lowest BCUT2D eigenvalue weighted by atomic mass is 9.98. The number of hydrogen-bond acceptors (Lipinski definition) is 1. The van der Waals surface area contributed by atoms with Crippen LogP contribution in [0.2, 0.25) is 0 Å². The minimum atomic E-state index is -4.55. The quantitative estimate of drug-likeness (QED) is 0.643. The van der Waals surface area contributed by atoms with Crippen LogP contribution in [-0.4, -0.2) is 4.98 Å². The smallest absolute Gasteiger partial charge is 0.261 e. The average Bonchev–Trinajstić information content (AvgIpc) is 2.01. The standard InChI is InChI=1S/C9H9F4N/c1-5(2)8-6(9(11,12)13)3-14-4-7(8)10/h3-5H,1-2H3. The molecule has 1 heterocycles. The van der Waals surface area contributed by atoms with Gasteiger partial charge in [0.2, 0.25) is 0 Å². The number of nitrogens with zero attached hydrogens (tertiary/aromatic N) is 1. The molecule has 1 nitrogen and oxygen atoms in total. The Hall–Kier alpha value is -1.13. The van der Waals surface area contributed by atoms with Crippen molar-refractivity contribution in [3.8, 4) is 0 Å². The Labute approximate surface area is 78.8 Å². The van der Waals surface area contributed by atoms with E-state index in [9.17, 15) is 17.6 Å². The Morgan fingerprint density at radius 2 is 1.79 bits per heavy atom. The molecular weight excluding hydrogens is 198 g/mol. The summed E-state index contributed by atoms with van der Waals surface area (Å²) in [5, 5.41) is 0. The second-order valence-corrected chi connectivity index (χ2v) is 3.24. The van der Waals surface area contributed by atoms with E-state index < -0.39 is 23.5 Å². The highest BCUT2D eigenvalue weighted by molar-refractivity contribution is 5.30. The lowest BCUT2D eigenvalue weighted by Crippen LogP contribution is -2.12. The molecule has 0 fully saturated rings. The Bertz CT molecular complexity index is 330. The summed E-state index contributed by atoms with van der Waals surface area (Å²) in [7, 11) is 0. The van der Waals surface area contributed by atoms with Gasteiger partial charge in [-0.15, -0.1) is 0 Å². The maximum Gasteiger partial charge on any atom is 0.418 e. The largest absolute Gasteiger partial charge is 0.418 e. The van der Waals surface area contributed by atoms with E-state index in [2.05, 4.69) is 4.98 Å². The maximum absolute atomic E-state index is 13.1. The zero-order chi connectivity index (χ0) is 10.9. The molecule has 0 aromatic carbocycles. The highest BCUT2D eigenvalue weighted by atomic mass is 19.4. The third-order valence-electron chi connectivity index (χ3n) is 1.82. The first-order valence-electron chi connectivity index (χ1n) is 4.04. The van der Waals surface area contributed by atoms with Gasteiger partial charge in [-0.1, -0.05) is 13.8 Å². The summed E-state index contributed by atoms with van der Waals surface area (Å²) in [6.07, 6.45) is -3.10. The number of halogens is 4. The molecule has 0 spiro atoms. The summed E-state index contributed by atoms with van der Waals surface area (Å²) in [6, 6.07) is 0. The molecule has 0 radical (unpaired) electrons. The minimum absolute atomic E-state index is 0.326. The monoisotopic (exact) mass is 207 g/mol. The van der Waals surface area contributed by atoms with E-state index in [-0.39, 0.29) is 5.56 Å². The van der Waals surface area contributed by atoms with Crippen molar-refractivity contribution in [1.82, 2.24) is 4.98 Å². The normalized spacial score (nSPS) is 12.2. The molecule has 0 saturated carbocycles. The van der Waals surface area contributed by atoms with Crippen LogP contribution in [0.5, 0.6) is 0 Å². The van der Waals surface area contributed by atoms with Crippen LogP contribution in [0.1, 0.15) is 30.9 Å². The summed E-state index contributed by atoms with van der Waals surface area (Å²) in [4.78, 5) is 3.20. The predicted octanol–water partition coefficient (Wildman–Crippen LogP) is 3.36. The van der Waals surface area contributed by atoms with Crippen molar-refractivity contribution >= 4 is 0 Å². The van der Waals surface area contributed by atoms with E-state index >= 15 is 0 Å². The zero-order valence-corrected chi connectivity index (χ0v) is 7.69. The summed E-state index contributed by atoms with van der Waals surface area (Å²) in [5.74, 6) is -1.43. The van der Waals surface area contributed by atoms with Crippen molar-refractivity contribution in [1.29, 1.82) is 0 Å². The van der Waals surface area contributed by atoms with Crippen LogP contribution in [0.4, 0.5) is 17.6 Å². The molecule has 78 valence electrons. The van der Waals surface area contributed by atoms with Crippen molar-refractivity contribution in [3.63, 3.8) is 0 Å². The molecule has 14 heavy (non-hydrogen) atoms. The SMILES string of the molecule is CC(C)c1c(F)cncc1C(F)(F)F. The average molecular weight is 207 g/mol. The van der Waals surface area contributed by atoms with Gasteiger partial charge >= 0.3 is 6.18 Å². The van der Waals surface area contributed by atoms with Gasteiger partial charge in [0.05, 0.1) is 11.8 Å². The van der Waals surface area contributed by atoms with E-state index in [0.29, 0.717) is 6.20 Å². The Balaban J connectivity index is 3.36. The van der Waals surface area contributed by atoms with Gasteiger partial charge in [0.15, 0.2) is 0 Å². The number of rotatable bonds is 1. The fourth-order valence-electron chi connectivity index (χ4n) is 1.26. The number of aromatic nitrogens is 1. The van der Waals surface area contributed by atoms with Crippen LogP contribution < -0.4 is 0 Å². The zero-order valence-electron chi connectivity index (χ0n) is 7.69. The van der Waals surface area contributed by atoms with Crippen LogP contribution in [0.3, 0.4) is 0 Å². The van der Waals surface area contributed by atoms with Gasteiger partial charge in [0.1, 0.15) is 5.82 Å². The first kappa shape index (κ1) is 10.9. The molecule has 0 unspecified atom stereocenters. The van der Waals surface area contributed by atoms with Gasteiger partial charge in [0, 0.05) is 11.8 Å². The molecule has 0 saturated heterocycles. The molecule has 0 aliphatic rings. The molecule has 0 aliphatic carbocycles. The highest BCUT2D eigenvalue weighted by Crippen LogP contribution is 2.35. The van der Waals surface area contributed by atoms with Crippen LogP contribution in [0, 0.1) is 5.82 Å². The van der Waals surface area contributed by atoms with Gasteiger partial charge in [-0.05, 0) is 5.92 Å². The molecule has 0 bridgehead atoms. The van der Waals surface area contributed by atoms with E-state index in [1.807, 2.05) is 0 Å². The van der Waals surface area contributed by atoms with Gasteiger partial charge in [-0.3, -0.25) is 4.98 Å². The molecule has 0 amide bonds. The van der Waals surface area contributed by atoms with Crippen molar-refractivity contribution in [2.24, 2.45) is 0 Å². The molecular formula is C9H9F4N. The lowest BCUT2D eigenvalue weighted by molar-refractivity contribution is -0.138. The fourth-order valence-corrected chi connectivity index (χ4v) is 1.26. The molecule has 1 aromatic heterocycles. The number of alkyl halides is 3. The van der Waals surface area contributed by atoms with E-state index in [0.717, 1.165) is 6.20 Å². The molecule has 1 aromatic rings. The van der Waals surface area contributed by atoms with Gasteiger partial charge < -0.3 is 0 Å². The van der Waals surface area contributed by atoms with Gasteiger partial charge in [-0.25, -0.2) is 4.39 Å². The first-order valence-corrected chi connectivity index (χ1v) is 4.04. The Kier molecular flexibility index (Phi) is 2.78. The fraction of sp³-hybridized carbons (Fsp3) is 0.444. The molecule has 0 aliphatic heterocycles. The van der Waals surface area contributed by atoms with Crippen LogP contribution >= 0.6 is 0 Å². The Morgan fingerprint density at radius 3 is 2.14 bits per heavy atom. The van der Waals surface area contributed by atoms with E-state index in [4.69, 9.17) is 0 Å². The third-order valence-corrected chi connectivity index (χ3v) is 1.82. The summed E-state index contributed by atoms with van der Waals surface area (Å²) in [5.41, 5.74) is -1.32. The van der Waals surface area contributed by atoms with Gasteiger partial charge in [0.25, 0.3) is 0 Å². The lowest BCUT2D eigenvalue weighted by Gasteiger charge is -2.15. The highest BCUT2D eigenvalue weighted by Gasteiger charge is 2.35. The van der Waals surface area contributed by atoms with E-state index in [1.165, 1.54) is 13.8 Å². The minimum Gasteiger partial charge on any atom is -0.261 e. The number of hydrogen-bond donors (Lipinski definition) is 0. The third kappa shape index (κ3) is 2.02. The topological polar surface area (TPSA) is 12.9 Å². The maximum atomic E-state index is 13.1. The van der Waals surface area contributed by atoms with Crippen LogP contribution in [0.15, 0.2) is 12.4 Å². The Morgan fingerprint density at radius 1 is 1.21 bits per heavy atom. The molecule has 1 rings (SSSR count). The molecule has 0 atom stereocenters. The van der Waals surface area contributed by atoms with Gasteiger partial charge in [-0.2, -0.15) is 13.2 Å². The summed E-state index contributed by atoms with van der Waals surface area (Å²) < 4.78 is 50.2. The second-order valence-electron chi connectivity index (χ2n) is 3.24. The molecule has 5 heteroatoms. The van der Waals surface area contributed by atoms with E-state index in [1.54, 1.807) is 0 Å². The summed E-state index contributed by atoms with van der Waals surface area (Å²) in [6.45, 7) is 3.02. The molecule has 0 N–H and O–H groups in total. The van der Waals surface area contributed by atoms with Crippen LogP contribution in [-0.2, 0) is 6.18 Å². The predicted molar refractivity (Wildman–Crippen MR) is 43.3 cm³/mol. The first-order chi connectivity index (χ1) is 6.34. The second kappa shape index (κ2) is 3.55. The van der Waals surface area contributed by atoms with Crippen molar-refractivity contribution in [2.75, 3.05) is 0 Å². The van der Waals surface area contributed by atoms with Crippen molar-refractivity contribution < 1.29 is 17.6 Å². The van der Waals surface area contributed by atoms with Crippen molar-refractivity contribution in [2.45, 2.75) is 25.9 Å². The van der Waals surface area contributed by atoms with Crippen LogP contribution in [0.25, 0.3) is 0 Å². The van der Waals surface area contributed by atoms with Crippen molar-refractivity contribution in [3.05, 3.63) is 29.3 Å².